The van der Waals surface area contributed by atoms with Crippen molar-refractivity contribution in [2.75, 3.05) is 19.6 Å². The lowest BCUT2D eigenvalue weighted by Crippen LogP contribution is -2.37. The number of amides is 1. The number of hydrogen-bond acceptors (Lipinski definition) is 3. The fraction of sp³-hybridized carbons (Fsp3) is 0.917. The number of carbonyl (C=O) groups excluding carboxylic acids is 1. The van der Waals surface area contributed by atoms with E-state index >= 15 is 0 Å². The van der Waals surface area contributed by atoms with E-state index in [1.807, 2.05) is 13.8 Å². The first-order valence-corrected chi connectivity index (χ1v) is 6.25. The molecule has 4 nitrogen and oxygen atoms in total. The van der Waals surface area contributed by atoms with Gasteiger partial charge in [-0.1, -0.05) is 13.8 Å². The second kappa shape index (κ2) is 6.86. The normalized spacial score (nSPS) is 19.8. The number of nitrogens with one attached hydrogen (secondary N) is 2. The molecule has 16 heavy (non-hydrogen) atoms. The molecule has 0 aromatic carbocycles. The number of aliphatic hydroxyl groups excluding tert-OH is 1. The van der Waals surface area contributed by atoms with Gasteiger partial charge in [-0.15, -0.1) is 0 Å². The number of rotatable bonds is 5. The molecule has 0 radical (unpaired) electrons. The Hall–Kier alpha value is -0.610. The van der Waals surface area contributed by atoms with E-state index in [0.717, 1.165) is 25.9 Å². The zero-order chi connectivity index (χ0) is 12.0. The number of aliphatic hydroxyl groups is 1. The van der Waals surface area contributed by atoms with Gasteiger partial charge in [0.2, 0.25) is 5.91 Å². The molecule has 1 aliphatic rings. The van der Waals surface area contributed by atoms with Crippen LogP contribution in [0.4, 0.5) is 0 Å². The molecule has 1 saturated heterocycles. The minimum Gasteiger partial charge on any atom is -0.391 e. The summed E-state index contributed by atoms with van der Waals surface area (Å²) in [7, 11) is 0. The van der Waals surface area contributed by atoms with E-state index in [0.29, 0.717) is 18.9 Å². The maximum Gasteiger partial charge on any atom is 0.220 e. The highest BCUT2D eigenvalue weighted by atomic mass is 16.3. The quantitative estimate of drug-likeness (QED) is 0.642. The highest BCUT2D eigenvalue weighted by Gasteiger charge is 2.17. The zero-order valence-corrected chi connectivity index (χ0v) is 10.3. The smallest absolute Gasteiger partial charge is 0.220 e. The lowest BCUT2D eigenvalue weighted by atomic mass is 9.94. The van der Waals surface area contributed by atoms with Gasteiger partial charge in [0.25, 0.3) is 0 Å². The first kappa shape index (κ1) is 13.5. The largest absolute Gasteiger partial charge is 0.391 e. The van der Waals surface area contributed by atoms with E-state index in [1.54, 1.807) is 0 Å². The molecular formula is C12H24N2O2. The Bertz CT molecular complexity index is 213. The summed E-state index contributed by atoms with van der Waals surface area (Å²) < 4.78 is 0. The molecule has 94 valence electrons. The predicted octanol–water partition coefficient (Wildman–Crippen LogP) is 0.509. The maximum atomic E-state index is 11.6. The topological polar surface area (TPSA) is 61.4 Å². The van der Waals surface area contributed by atoms with Crippen LogP contribution in [0.5, 0.6) is 0 Å². The van der Waals surface area contributed by atoms with Crippen LogP contribution >= 0.6 is 0 Å². The fourth-order valence-electron chi connectivity index (χ4n) is 1.87. The Morgan fingerprint density at radius 2 is 2.06 bits per heavy atom. The summed E-state index contributed by atoms with van der Waals surface area (Å²) in [5, 5.41) is 15.6. The molecule has 1 fully saturated rings. The predicted molar refractivity (Wildman–Crippen MR) is 64.1 cm³/mol. The molecule has 0 aliphatic carbocycles. The van der Waals surface area contributed by atoms with Gasteiger partial charge in [0.05, 0.1) is 6.10 Å². The Labute approximate surface area is 97.8 Å². The van der Waals surface area contributed by atoms with Gasteiger partial charge in [-0.25, -0.2) is 0 Å². The first-order chi connectivity index (χ1) is 7.59. The number of piperidine rings is 1. The van der Waals surface area contributed by atoms with Gasteiger partial charge < -0.3 is 15.7 Å². The van der Waals surface area contributed by atoms with E-state index < -0.39 is 6.10 Å². The first-order valence-electron chi connectivity index (χ1n) is 6.25. The van der Waals surface area contributed by atoms with Crippen LogP contribution in [0.1, 0.15) is 33.1 Å². The lowest BCUT2D eigenvalue weighted by molar-refractivity contribution is -0.122. The molecule has 0 saturated carbocycles. The minimum absolute atomic E-state index is 0.0756. The van der Waals surface area contributed by atoms with Crippen LogP contribution in [0, 0.1) is 11.8 Å². The second-order valence-electron chi connectivity index (χ2n) is 5.01. The average Bonchev–Trinajstić information content (AvgIpc) is 2.27. The molecule has 0 bridgehead atoms. The Morgan fingerprint density at radius 3 is 2.62 bits per heavy atom. The lowest BCUT2D eigenvalue weighted by Gasteiger charge is -2.22. The van der Waals surface area contributed by atoms with Crippen molar-refractivity contribution >= 4 is 5.91 Å². The van der Waals surface area contributed by atoms with Crippen LogP contribution in [0.15, 0.2) is 0 Å². The second-order valence-corrected chi connectivity index (χ2v) is 5.01. The van der Waals surface area contributed by atoms with Crippen LogP contribution in [-0.4, -0.2) is 36.8 Å². The zero-order valence-electron chi connectivity index (χ0n) is 10.3. The molecule has 1 heterocycles. The van der Waals surface area contributed by atoms with Crippen LogP contribution in [0.25, 0.3) is 0 Å². The van der Waals surface area contributed by atoms with Gasteiger partial charge in [0.15, 0.2) is 0 Å². The van der Waals surface area contributed by atoms with Crippen LogP contribution in [0.3, 0.4) is 0 Å². The fourth-order valence-corrected chi connectivity index (χ4v) is 1.87. The summed E-state index contributed by atoms with van der Waals surface area (Å²) in [6.45, 7) is 6.31. The summed E-state index contributed by atoms with van der Waals surface area (Å²) in [6.07, 6.45) is 2.34. The van der Waals surface area contributed by atoms with Crippen molar-refractivity contribution in [1.29, 1.82) is 0 Å². The van der Waals surface area contributed by atoms with Gasteiger partial charge in [0, 0.05) is 13.0 Å². The van der Waals surface area contributed by atoms with Crippen LogP contribution < -0.4 is 10.6 Å². The third-order valence-corrected chi connectivity index (χ3v) is 3.21. The van der Waals surface area contributed by atoms with Crippen molar-refractivity contribution in [2.45, 2.75) is 39.2 Å². The van der Waals surface area contributed by atoms with E-state index in [1.165, 1.54) is 0 Å². The van der Waals surface area contributed by atoms with Gasteiger partial charge in [0.1, 0.15) is 0 Å². The molecule has 1 atom stereocenters. The molecular weight excluding hydrogens is 204 g/mol. The van der Waals surface area contributed by atoms with Crippen molar-refractivity contribution < 1.29 is 9.90 Å². The van der Waals surface area contributed by atoms with Crippen LogP contribution in [-0.2, 0) is 4.79 Å². The summed E-state index contributed by atoms with van der Waals surface area (Å²) in [6, 6.07) is 0. The third-order valence-electron chi connectivity index (χ3n) is 3.21. The maximum absolute atomic E-state index is 11.6. The molecule has 4 heteroatoms. The molecule has 1 amide bonds. The average molecular weight is 228 g/mol. The minimum atomic E-state index is -0.433. The Balaban J connectivity index is 2.14. The standard InChI is InChI=1S/C12H24N2O2/c1-9(2)11(15)8-14-12(16)7-10-3-5-13-6-4-10/h9-11,13,15H,3-8H2,1-2H3,(H,14,16). The van der Waals surface area contributed by atoms with Gasteiger partial charge in [-0.05, 0) is 37.8 Å². The molecule has 0 aromatic rings. The highest BCUT2D eigenvalue weighted by molar-refractivity contribution is 5.76. The van der Waals surface area contributed by atoms with Gasteiger partial charge in [-0.2, -0.15) is 0 Å². The number of hydrogen-bond donors (Lipinski definition) is 3. The molecule has 0 aromatic heterocycles. The van der Waals surface area contributed by atoms with Crippen molar-refractivity contribution in [2.24, 2.45) is 11.8 Å². The monoisotopic (exact) mass is 228 g/mol. The van der Waals surface area contributed by atoms with Crippen molar-refractivity contribution in [1.82, 2.24) is 10.6 Å². The molecule has 0 spiro atoms. The van der Waals surface area contributed by atoms with Crippen molar-refractivity contribution in [3.8, 4) is 0 Å². The van der Waals surface area contributed by atoms with Crippen LogP contribution in [0.2, 0.25) is 0 Å². The molecule has 1 unspecified atom stereocenters. The van der Waals surface area contributed by atoms with Gasteiger partial charge >= 0.3 is 0 Å². The number of carbonyl (C=O) groups is 1. The summed E-state index contributed by atoms with van der Waals surface area (Å²) in [4.78, 5) is 11.6. The highest BCUT2D eigenvalue weighted by Crippen LogP contribution is 2.15. The SMILES string of the molecule is CC(C)C(O)CNC(=O)CC1CCNCC1. The molecule has 3 N–H and O–H groups in total. The summed E-state index contributed by atoms with van der Waals surface area (Å²) in [5.41, 5.74) is 0. The van der Waals surface area contributed by atoms with Crippen molar-refractivity contribution in [3.63, 3.8) is 0 Å². The molecule has 1 aliphatic heterocycles. The van der Waals surface area contributed by atoms with E-state index in [2.05, 4.69) is 10.6 Å². The van der Waals surface area contributed by atoms with E-state index in [-0.39, 0.29) is 11.8 Å². The van der Waals surface area contributed by atoms with Crippen molar-refractivity contribution in [3.05, 3.63) is 0 Å². The third kappa shape index (κ3) is 4.94. The summed E-state index contributed by atoms with van der Waals surface area (Å²) in [5.74, 6) is 0.781. The Morgan fingerprint density at radius 1 is 1.44 bits per heavy atom. The Kier molecular flexibility index (Phi) is 5.77. The van der Waals surface area contributed by atoms with E-state index in [4.69, 9.17) is 0 Å². The summed E-state index contributed by atoms with van der Waals surface area (Å²) >= 11 is 0. The van der Waals surface area contributed by atoms with Gasteiger partial charge in [-0.3, -0.25) is 4.79 Å². The van der Waals surface area contributed by atoms with E-state index in [9.17, 15) is 9.90 Å². The molecule has 1 rings (SSSR count).